The van der Waals surface area contributed by atoms with E-state index in [0.29, 0.717) is 18.2 Å². The van der Waals surface area contributed by atoms with Crippen molar-refractivity contribution in [2.75, 3.05) is 24.9 Å². The molecule has 0 amide bonds. The third-order valence-corrected chi connectivity index (χ3v) is 14.5. The average molecular weight is 1130 g/mol. The third-order valence-electron chi connectivity index (χ3n) is 9.52. The summed E-state index contributed by atoms with van der Waals surface area (Å²) in [5, 5.41) is 41.8. The van der Waals surface area contributed by atoms with Gasteiger partial charge in [0, 0.05) is 38.6 Å². The maximum absolute atomic E-state index is 12.4. The van der Waals surface area contributed by atoms with Gasteiger partial charge < -0.3 is 25.2 Å². The second-order valence-electron chi connectivity index (χ2n) is 14.2. The fraction of sp³-hybridized carbons (Fsp3) is 0.0541. The molecule has 0 radical (unpaired) electrons. The molecule has 0 aliphatic rings. The van der Waals surface area contributed by atoms with E-state index in [1.807, 2.05) is 0 Å². The summed E-state index contributed by atoms with van der Waals surface area (Å²) in [7, 11) is -23.3. The van der Waals surface area contributed by atoms with E-state index in [0.717, 1.165) is 30.3 Å². The zero-order chi connectivity index (χ0) is 53.4. The summed E-state index contributed by atoms with van der Waals surface area (Å²) in [4.78, 5) is 6.77. The average Bonchev–Trinajstić information content (AvgIpc) is 3.29. The Morgan fingerprint density at radius 3 is 1.29 bits per heavy atom. The molecule has 7 aromatic rings. The van der Waals surface area contributed by atoms with Crippen molar-refractivity contribution < 1.29 is 94.1 Å². The molecule has 36 heteroatoms. The van der Waals surface area contributed by atoms with Gasteiger partial charge in [0.1, 0.15) is 31.1 Å². The molecule has 0 bridgehead atoms. The topological polar surface area (TPSA) is 461 Å². The van der Waals surface area contributed by atoms with Gasteiger partial charge in [-0.15, -0.1) is 4.33 Å². The highest BCUT2D eigenvalue weighted by Gasteiger charge is 2.27. The molecule has 1 heterocycles. The van der Waals surface area contributed by atoms with Crippen LogP contribution in [-0.2, 0) is 60.0 Å². The number of rotatable bonds is 18. The molecule has 0 fully saturated rings. The van der Waals surface area contributed by atoms with E-state index < -0.39 is 108 Å². The van der Waals surface area contributed by atoms with Crippen LogP contribution in [0, 0.1) is 0 Å². The van der Waals surface area contributed by atoms with Crippen LogP contribution in [0.15, 0.2) is 135 Å². The van der Waals surface area contributed by atoms with E-state index >= 15 is 0 Å². The highest BCUT2D eigenvalue weighted by molar-refractivity contribution is 7.94. The lowest BCUT2D eigenvalue weighted by Gasteiger charge is -2.13. The zero-order valence-corrected chi connectivity index (χ0v) is 40.9. The quantitative estimate of drug-likeness (QED) is 0.0139. The number of nitrogens with zero attached hydrogens (tertiary/aromatic N) is 7. The van der Waals surface area contributed by atoms with Crippen molar-refractivity contribution in [2.24, 2.45) is 20.5 Å². The van der Waals surface area contributed by atoms with Gasteiger partial charge in [0.05, 0.1) is 65.3 Å². The van der Waals surface area contributed by atoms with Crippen LogP contribution in [0.4, 0.5) is 46.0 Å². The van der Waals surface area contributed by atoms with Crippen LogP contribution in [-0.4, -0.2) is 104 Å². The van der Waals surface area contributed by atoms with Crippen molar-refractivity contribution in [3.8, 4) is 17.5 Å². The molecule has 30 nitrogen and oxygen atoms in total. The number of fused-ring (bicyclic) bond motifs is 2. The van der Waals surface area contributed by atoms with E-state index in [-0.39, 0.29) is 68.8 Å². The van der Waals surface area contributed by atoms with E-state index in [1.54, 1.807) is 0 Å². The van der Waals surface area contributed by atoms with Crippen LogP contribution in [0.1, 0.15) is 0 Å². The molecule has 9 N–H and O–H groups in total. The first-order valence-corrected chi connectivity index (χ1v) is 26.9. The fourth-order valence-electron chi connectivity index (χ4n) is 6.57. The Kier molecular flexibility index (Phi) is 15.0. The van der Waals surface area contributed by atoms with Crippen LogP contribution >= 0.6 is 12.0 Å². The van der Waals surface area contributed by atoms with Gasteiger partial charge in [-0.1, -0.05) is 5.04 Å². The maximum Gasteiger partial charge on any atom is 0.320 e. The number of hydrogen-bond acceptors (Lipinski definition) is 26. The van der Waals surface area contributed by atoms with Crippen molar-refractivity contribution in [3.05, 3.63) is 84.9 Å². The van der Waals surface area contributed by atoms with Gasteiger partial charge in [-0.05, 0) is 72.8 Å². The second kappa shape index (κ2) is 20.4. The summed E-state index contributed by atoms with van der Waals surface area (Å²) >= 11 is 0.243. The van der Waals surface area contributed by atoms with E-state index in [1.165, 1.54) is 50.6 Å². The van der Waals surface area contributed by atoms with Crippen molar-refractivity contribution in [2.45, 2.75) is 29.4 Å². The van der Waals surface area contributed by atoms with Crippen LogP contribution in [0.25, 0.3) is 21.5 Å². The van der Waals surface area contributed by atoms with Gasteiger partial charge in [0.2, 0.25) is 11.9 Å². The second-order valence-corrected chi connectivity index (χ2v) is 22.0. The molecule has 1 aromatic heterocycles. The minimum absolute atomic E-state index is 0.0192. The lowest BCUT2D eigenvalue weighted by molar-refractivity contribution is -0.432. The molecule has 0 saturated carbocycles. The molecular weight excluding hydrogens is 1100 g/mol. The SMILES string of the molecule is COc1cc(N=Nc2cc(S(=O)(=O)O)c3cc(SOOO)cc(S(=O)(=O)O)c3c2)ccc1Nc1nc(O)nc(Nc2ccc(N=Nc3cc(S(=O)(=O)O)c4cc(S(=O)(=O)O)cc(S(=O)(=O)O)c4c3)cc2OC)n1. The van der Waals surface area contributed by atoms with Gasteiger partial charge >= 0.3 is 6.01 Å². The van der Waals surface area contributed by atoms with Crippen LogP contribution in [0.5, 0.6) is 17.5 Å². The van der Waals surface area contributed by atoms with Gasteiger partial charge in [0.25, 0.3) is 50.6 Å². The van der Waals surface area contributed by atoms with Crippen LogP contribution in [0.3, 0.4) is 0 Å². The Balaban J connectivity index is 1.14. The molecule has 0 saturated heterocycles. The number of azo groups is 2. The van der Waals surface area contributed by atoms with E-state index in [9.17, 15) is 70.0 Å². The van der Waals surface area contributed by atoms with Crippen LogP contribution in [0.2, 0.25) is 0 Å². The number of ether oxygens (including phenoxy) is 2. The molecule has 73 heavy (non-hydrogen) atoms. The number of nitrogens with one attached hydrogen (secondary N) is 2. The summed E-state index contributed by atoms with van der Waals surface area (Å²) in [6.45, 7) is 0. The van der Waals surface area contributed by atoms with E-state index in [4.69, 9.17) is 14.7 Å². The third kappa shape index (κ3) is 12.5. The molecule has 384 valence electrons. The summed E-state index contributed by atoms with van der Waals surface area (Å²) in [6.07, 6.45) is 0. The molecule has 0 spiro atoms. The predicted octanol–water partition coefficient (Wildman–Crippen LogP) is 6.88. The number of aromatic hydroxyl groups is 1. The monoisotopic (exact) mass is 1130 g/mol. The van der Waals surface area contributed by atoms with E-state index in [2.05, 4.69) is 55.4 Å². The zero-order valence-electron chi connectivity index (χ0n) is 36.0. The first-order valence-electron chi connectivity index (χ1n) is 19.0. The van der Waals surface area contributed by atoms with Crippen molar-refractivity contribution in [3.63, 3.8) is 0 Å². The Morgan fingerprint density at radius 2 is 0.877 bits per heavy atom. The number of aromatic nitrogens is 3. The fourth-order valence-corrected chi connectivity index (χ4v) is 10.6. The Morgan fingerprint density at radius 1 is 0.479 bits per heavy atom. The summed E-state index contributed by atoms with van der Waals surface area (Å²) in [5.41, 5.74) is -0.300. The largest absolute Gasteiger partial charge is 0.494 e. The normalized spacial score (nSPS) is 12.8. The molecule has 0 unspecified atom stereocenters. The number of anilines is 4. The lowest BCUT2D eigenvalue weighted by atomic mass is 10.1. The predicted molar refractivity (Wildman–Crippen MR) is 250 cm³/mol. The maximum atomic E-state index is 12.4. The molecule has 7 rings (SSSR count). The smallest absolute Gasteiger partial charge is 0.320 e. The minimum Gasteiger partial charge on any atom is -0.494 e. The number of methoxy groups -OCH3 is 2. The molecule has 0 atom stereocenters. The van der Waals surface area contributed by atoms with Crippen molar-refractivity contribution in [1.29, 1.82) is 0 Å². The standard InChI is InChI=1S/C37H29N9O21S6/c1-64-29-9-17(43-45-19-7-23-25(31(11-19)70(52,53)54)13-21(68-67-66-48)14-33(23)72(58,59)60)3-5-27(29)38-35-40-36(42-37(47)41-35)39-28-6-4-18(10-30(28)65-2)44-46-20-8-24-26(32(12-20)71(55,56)57)15-22(69(49,50)51)16-34(24)73(61,62)63/h3-16,48H,1-2H3,(H,49,50,51)(H,52,53,54)(H,55,56,57)(H,58,59,60)(H,61,62,63)(H3,38,39,40,41,42,47). The number of hydrogen-bond donors (Lipinski definition) is 9. The van der Waals surface area contributed by atoms with Crippen LogP contribution < -0.4 is 20.1 Å². The highest BCUT2D eigenvalue weighted by Crippen LogP contribution is 2.40. The Bertz CT molecular complexity index is 4060. The van der Waals surface area contributed by atoms with Gasteiger partial charge in [-0.3, -0.25) is 22.8 Å². The molecule has 0 aliphatic heterocycles. The summed E-state index contributed by atoms with van der Waals surface area (Å²) in [5.74, 6) is -0.387. The van der Waals surface area contributed by atoms with Crippen molar-refractivity contribution >= 4 is 130 Å². The van der Waals surface area contributed by atoms with Gasteiger partial charge in [-0.25, -0.2) is 5.26 Å². The Hall–Kier alpha value is -7.17. The molecular formula is C37H29N9O21S6. The molecule has 6 aromatic carbocycles. The lowest BCUT2D eigenvalue weighted by Crippen LogP contribution is -2.07. The first-order chi connectivity index (χ1) is 34.0. The van der Waals surface area contributed by atoms with Gasteiger partial charge in [0.15, 0.2) is 0 Å². The Labute approximate surface area is 414 Å². The summed E-state index contributed by atoms with van der Waals surface area (Å²) in [6, 6.07) is 13.8. The van der Waals surface area contributed by atoms with Gasteiger partial charge in [-0.2, -0.15) is 77.5 Å². The van der Waals surface area contributed by atoms with Crippen molar-refractivity contribution in [1.82, 2.24) is 15.0 Å². The minimum atomic E-state index is -5.29. The summed E-state index contributed by atoms with van der Waals surface area (Å²) < 4.78 is 187. The highest BCUT2D eigenvalue weighted by atomic mass is 32.2. The first kappa shape index (κ1) is 53.6. The number of benzene rings is 6. The molecule has 0 aliphatic carbocycles.